The molecule has 1 heterocycles. The van der Waals surface area contributed by atoms with Crippen molar-refractivity contribution in [1.29, 1.82) is 0 Å². The van der Waals surface area contributed by atoms with Gasteiger partial charge < -0.3 is 10.2 Å². The van der Waals surface area contributed by atoms with E-state index in [2.05, 4.69) is 22.2 Å². The van der Waals surface area contributed by atoms with Crippen LogP contribution in [0.25, 0.3) is 0 Å². The third-order valence-corrected chi connectivity index (χ3v) is 10.5. The summed E-state index contributed by atoms with van der Waals surface area (Å²) in [6.45, 7) is 1.44. The molecule has 3 amide bonds. The molecule has 2 N–H and O–H groups in total. The normalized spacial score (nSPS) is 34.6. The van der Waals surface area contributed by atoms with E-state index in [4.69, 9.17) is 0 Å². The molecule has 8 heteroatoms. The van der Waals surface area contributed by atoms with Gasteiger partial charge in [0.25, 0.3) is 0 Å². The molecule has 0 aromatic heterocycles. The first-order valence-electron chi connectivity index (χ1n) is 13.3. The SMILES string of the molecule is CS(=O)(=O)NC(=O)CC1CC2(CCN(C(=O)NC3C4CC5CC(C4)CC3C5)CC2)c2ccccc21. The molecule has 7 nitrogen and oxygen atoms in total. The number of carbonyl (C=O) groups excluding carboxylic acids is 2. The highest BCUT2D eigenvalue weighted by Crippen LogP contribution is 2.54. The largest absolute Gasteiger partial charge is 0.335 e. The van der Waals surface area contributed by atoms with Crippen molar-refractivity contribution in [2.45, 2.75) is 75.2 Å². The smallest absolute Gasteiger partial charge is 0.317 e. The second kappa shape index (κ2) is 8.49. The number of rotatable bonds is 4. The Kier molecular flexibility index (Phi) is 5.66. The topological polar surface area (TPSA) is 95.6 Å². The van der Waals surface area contributed by atoms with Crippen LogP contribution < -0.4 is 10.0 Å². The molecular formula is C27H37N3O4S. The number of fused-ring (bicyclic) bond motifs is 2. The summed E-state index contributed by atoms with van der Waals surface area (Å²) in [5, 5.41) is 3.46. The molecule has 4 saturated carbocycles. The van der Waals surface area contributed by atoms with Crippen LogP contribution in [-0.2, 0) is 20.2 Å². The average Bonchev–Trinajstić information content (AvgIpc) is 3.07. The van der Waals surface area contributed by atoms with Crippen molar-refractivity contribution in [2.75, 3.05) is 19.3 Å². The van der Waals surface area contributed by atoms with Crippen LogP contribution in [0.15, 0.2) is 24.3 Å². The first kappa shape index (κ1) is 23.3. The van der Waals surface area contributed by atoms with Crippen LogP contribution in [0.4, 0.5) is 4.79 Å². The standard InChI is InChI=1S/C27H37N3O4S/c1-35(33,34)29-24(31)15-21-16-27(23-5-3-2-4-22(21)23)6-8-30(9-7-27)26(32)28-25-19-11-17-10-18(13-19)14-20(25)12-17/h2-5,17-21,25H,6-16H2,1H3,(H,28,32)(H,29,31). The fourth-order valence-electron chi connectivity index (χ4n) is 8.69. The molecular weight excluding hydrogens is 462 g/mol. The summed E-state index contributed by atoms with van der Waals surface area (Å²) in [5.74, 6) is 2.70. The highest BCUT2D eigenvalue weighted by Gasteiger charge is 2.50. The van der Waals surface area contributed by atoms with Gasteiger partial charge in [-0.05, 0) is 97.5 Å². The Bertz CT molecular complexity index is 1100. The number of likely N-dealkylation sites (tertiary alicyclic amines) is 1. The fraction of sp³-hybridized carbons (Fsp3) is 0.704. The van der Waals surface area contributed by atoms with Gasteiger partial charge in [-0.25, -0.2) is 13.2 Å². The lowest BCUT2D eigenvalue weighted by molar-refractivity contribution is -0.119. The Hall–Kier alpha value is -2.09. The zero-order chi connectivity index (χ0) is 24.4. The lowest BCUT2D eigenvalue weighted by Gasteiger charge is -2.54. The maximum Gasteiger partial charge on any atom is 0.317 e. The van der Waals surface area contributed by atoms with Gasteiger partial charge in [0.2, 0.25) is 15.9 Å². The van der Waals surface area contributed by atoms with Gasteiger partial charge in [-0.1, -0.05) is 24.3 Å². The third-order valence-electron chi connectivity index (χ3n) is 9.86. The van der Waals surface area contributed by atoms with Gasteiger partial charge in [0.15, 0.2) is 0 Å². The molecule has 190 valence electrons. The van der Waals surface area contributed by atoms with Crippen molar-refractivity contribution in [3.8, 4) is 0 Å². The number of piperidine rings is 1. The van der Waals surface area contributed by atoms with E-state index in [-0.39, 0.29) is 23.8 Å². The van der Waals surface area contributed by atoms with Crippen LogP contribution in [0.1, 0.15) is 74.8 Å². The van der Waals surface area contributed by atoms with E-state index in [1.807, 2.05) is 17.0 Å². The van der Waals surface area contributed by atoms with E-state index in [1.54, 1.807) is 0 Å². The summed E-state index contributed by atoms with van der Waals surface area (Å²) < 4.78 is 25.1. The molecule has 1 unspecified atom stereocenters. The zero-order valence-electron chi connectivity index (χ0n) is 20.5. The van der Waals surface area contributed by atoms with Gasteiger partial charge in [-0.3, -0.25) is 9.52 Å². The highest BCUT2D eigenvalue weighted by molar-refractivity contribution is 7.89. The summed E-state index contributed by atoms with van der Waals surface area (Å²) in [6.07, 6.45) is 10.4. The minimum Gasteiger partial charge on any atom is -0.335 e. The molecule has 6 aliphatic rings. The second-order valence-electron chi connectivity index (χ2n) is 12.2. The Morgan fingerprint density at radius 3 is 2.26 bits per heavy atom. The molecule has 4 bridgehead atoms. The van der Waals surface area contributed by atoms with Crippen LogP contribution in [0.3, 0.4) is 0 Å². The minimum atomic E-state index is -3.56. The van der Waals surface area contributed by atoms with Crippen molar-refractivity contribution >= 4 is 22.0 Å². The number of sulfonamides is 1. The zero-order valence-corrected chi connectivity index (χ0v) is 21.4. The number of nitrogens with one attached hydrogen (secondary N) is 2. The molecule has 1 aromatic carbocycles. The van der Waals surface area contributed by atoms with Gasteiger partial charge in [0, 0.05) is 25.6 Å². The number of urea groups is 1. The van der Waals surface area contributed by atoms with E-state index in [0.29, 0.717) is 17.9 Å². The predicted octanol–water partition coefficient (Wildman–Crippen LogP) is 3.51. The van der Waals surface area contributed by atoms with Gasteiger partial charge >= 0.3 is 6.03 Å². The average molecular weight is 500 g/mol. The molecule has 35 heavy (non-hydrogen) atoms. The van der Waals surface area contributed by atoms with E-state index < -0.39 is 15.9 Å². The fourth-order valence-corrected chi connectivity index (χ4v) is 9.18. The number of nitrogens with zero attached hydrogens (tertiary/aromatic N) is 1. The van der Waals surface area contributed by atoms with E-state index in [9.17, 15) is 18.0 Å². The molecule has 0 radical (unpaired) electrons. The van der Waals surface area contributed by atoms with Crippen LogP contribution in [0, 0.1) is 23.7 Å². The van der Waals surface area contributed by atoms with Crippen LogP contribution in [0.2, 0.25) is 0 Å². The number of hydrogen-bond acceptors (Lipinski definition) is 4. The van der Waals surface area contributed by atoms with Crippen molar-refractivity contribution in [3.05, 3.63) is 35.4 Å². The van der Waals surface area contributed by atoms with Gasteiger partial charge in [0.1, 0.15) is 0 Å². The second-order valence-corrected chi connectivity index (χ2v) is 13.9. The molecule has 1 aliphatic heterocycles. The summed E-state index contributed by atoms with van der Waals surface area (Å²) in [6, 6.07) is 8.74. The molecule has 7 rings (SSSR count). The molecule has 1 saturated heterocycles. The quantitative estimate of drug-likeness (QED) is 0.663. The molecule has 1 aromatic rings. The van der Waals surface area contributed by atoms with E-state index in [1.165, 1.54) is 37.7 Å². The van der Waals surface area contributed by atoms with Crippen LogP contribution in [-0.4, -0.2) is 50.6 Å². The first-order chi connectivity index (χ1) is 16.7. The number of amides is 3. The van der Waals surface area contributed by atoms with Gasteiger partial charge in [0.05, 0.1) is 6.26 Å². The van der Waals surface area contributed by atoms with E-state index in [0.717, 1.165) is 56.0 Å². The predicted molar refractivity (Wildman–Crippen MR) is 133 cm³/mol. The summed E-state index contributed by atoms with van der Waals surface area (Å²) in [7, 11) is -3.56. The monoisotopic (exact) mass is 499 g/mol. The lowest BCUT2D eigenvalue weighted by atomic mass is 9.54. The molecule has 1 atom stereocenters. The van der Waals surface area contributed by atoms with E-state index >= 15 is 0 Å². The Labute approximate surface area is 208 Å². The van der Waals surface area contributed by atoms with Crippen molar-refractivity contribution in [3.63, 3.8) is 0 Å². The summed E-state index contributed by atoms with van der Waals surface area (Å²) >= 11 is 0. The first-order valence-corrected chi connectivity index (χ1v) is 15.2. The summed E-state index contributed by atoms with van der Waals surface area (Å²) in [4.78, 5) is 27.7. The van der Waals surface area contributed by atoms with Gasteiger partial charge in [-0.15, -0.1) is 0 Å². The van der Waals surface area contributed by atoms with Crippen molar-refractivity contribution in [2.24, 2.45) is 23.7 Å². The highest BCUT2D eigenvalue weighted by atomic mass is 32.2. The maximum atomic E-state index is 13.3. The molecule has 5 fully saturated rings. The van der Waals surface area contributed by atoms with Crippen molar-refractivity contribution < 1.29 is 18.0 Å². The third kappa shape index (κ3) is 4.36. The Morgan fingerprint density at radius 2 is 1.63 bits per heavy atom. The molecule has 5 aliphatic carbocycles. The van der Waals surface area contributed by atoms with Gasteiger partial charge in [-0.2, -0.15) is 0 Å². The maximum absolute atomic E-state index is 13.3. The minimum absolute atomic E-state index is 0.00127. The molecule has 1 spiro atoms. The number of benzene rings is 1. The summed E-state index contributed by atoms with van der Waals surface area (Å²) in [5.41, 5.74) is 2.38. The van der Waals surface area contributed by atoms with Crippen LogP contribution in [0.5, 0.6) is 0 Å². The Balaban J connectivity index is 1.10. The van der Waals surface area contributed by atoms with Crippen molar-refractivity contribution in [1.82, 2.24) is 14.9 Å². The number of hydrogen-bond donors (Lipinski definition) is 2. The lowest BCUT2D eigenvalue weighted by Crippen LogP contribution is -2.59. The Morgan fingerprint density at radius 1 is 1.00 bits per heavy atom. The number of carbonyl (C=O) groups is 2. The van der Waals surface area contributed by atoms with Crippen LogP contribution >= 0.6 is 0 Å².